The molecule has 0 bridgehead atoms. The zero-order valence-electron chi connectivity index (χ0n) is 14.1. The molecule has 1 fully saturated rings. The number of piperazine rings is 1. The molecule has 0 aromatic rings. The molecule has 6 heteroatoms. The summed E-state index contributed by atoms with van der Waals surface area (Å²) >= 11 is 0. The number of carbonyl (C=O) groups is 1. The highest BCUT2D eigenvalue weighted by Crippen LogP contribution is 2.13. The highest BCUT2D eigenvalue weighted by molar-refractivity contribution is 5.78. The van der Waals surface area contributed by atoms with E-state index in [1.165, 1.54) is 0 Å². The Kier molecular flexibility index (Phi) is 7.59. The van der Waals surface area contributed by atoms with Gasteiger partial charge in [-0.3, -0.25) is 9.69 Å². The molecule has 1 atom stereocenters. The molecule has 1 aliphatic heterocycles. The van der Waals surface area contributed by atoms with E-state index in [0.29, 0.717) is 6.42 Å². The average molecular weight is 300 g/mol. The minimum Gasteiger partial charge on any atom is -0.480 e. The van der Waals surface area contributed by atoms with Gasteiger partial charge in [0.15, 0.2) is 0 Å². The van der Waals surface area contributed by atoms with Crippen molar-refractivity contribution < 1.29 is 9.90 Å². The second kappa shape index (κ2) is 8.68. The number of carboxylic acid groups (broad SMARTS) is 1. The summed E-state index contributed by atoms with van der Waals surface area (Å²) in [5.74, 6) is -0.765. The number of nitrogens with zero attached hydrogens (tertiary/aromatic N) is 3. The minimum atomic E-state index is -0.798. The minimum absolute atomic E-state index is 0.666. The summed E-state index contributed by atoms with van der Waals surface area (Å²) in [6.07, 6.45) is 1.58. The highest BCUT2D eigenvalue weighted by atomic mass is 16.4. The van der Waals surface area contributed by atoms with E-state index in [1.807, 2.05) is 0 Å². The van der Waals surface area contributed by atoms with Crippen LogP contribution >= 0.6 is 0 Å². The maximum atomic E-state index is 11.2. The van der Waals surface area contributed by atoms with E-state index in [9.17, 15) is 9.90 Å². The first-order valence-electron chi connectivity index (χ1n) is 7.89. The van der Waals surface area contributed by atoms with Crippen LogP contribution in [0.4, 0.5) is 0 Å². The lowest BCUT2D eigenvalue weighted by molar-refractivity contribution is -0.144. The molecule has 0 amide bonds. The maximum Gasteiger partial charge on any atom is 0.323 e. The fourth-order valence-electron chi connectivity index (χ4n) is 2.57. The first-order valence-corrected chi connectivity index (χ1v) is 7.89. The molecule has 0 spiro atoms. The number of nitrogens with one attached hydrogen (secondary N) is 1. The van der Waals surface area contributed by atoms with Crippen molar-refractivity contribution in [2.75, 3.05) is 67.0 Å². The van der Waals surface area contributed by atoms with E-state index in [1.54, 1.807) is 14.0 Å². The first-order chi connectivity index (χ1) is 9.87. The van der Waals surface area contributed by atoms with Crippen molar-refractivity contribution >= 4 is 5.97 Å². The molecule has 1 unspecified atom stereocenters. The molecule has 1 rings (SSSR count). The quantitative estimate of drug-likeness (QED) is 0.625. The van der Waals surface area contributed by atoms with Crippen molar-refractivity contribution in [3.8, 4) is 0 Å². The summed E-state index contributed by atoms with van der Waals surface area (Å²) in [6, 6.07) is 0. The second-order valence-electron chi connectivity index (χ2n) is 6.48. The molecule has 0 aromatic carbocycles. The van der Waals surface area contributed by atoms with Gasteiger partial charge in [0, 0.05) is 39.3 Å². The fraction of sp³-hybridized carbons (Fsp3) is 0.933. The van der Waals surface area contributed by atoms with Crippen LogP contribution in [0.5, 0.6) is 0 Å². The highest BCUT2D eigenvalue weighted by Gasteiger charge is 2.30. The fourth-order valence-corrected chi connectivity index (χ4v) is 2.57. The molecular formula is C15H32N4O2. The van der Waals surface area contributed by atoms with Crippen LogP contribution in [0.3, 0.4) is 0 Å². The van der Waals surface area contributed by atoms with E-state index < -0.39 is 11.5 Å². The summed E-state index contributed by atoms with van der Waals surface area (Å²) in [7, 11) is 5.94. The predicted molar refractivity (Wildman–Crippen MR) is 85.8 cm³/mol. The van der Waals surface area contributed by atoms with Gasteiger partial charge in [-0.05, 0) is 47.5 Å². The lowest BCUT2D eigenvalue weighted by Gasteiger charge is -2.35. The van der Waals surface area contributed by atoms with E-state index in [0.717, 1.165) is 52.2 Å². The van der Waals surface area contributed by atoms with Crippen LogP contribution in [0.2, 0.25) is 0 Å². The number of aliphatic carboxylic acids is 1. The van der Waals surface area contributed by atoms with Crippen molar-refractivity contribution in [1.82, 2.24) is 20.0 Å². The van der Waals surface area contributed by atoms with Crippen molar-refractivity contribution in [3.05, 3.63) is 0 Å². The lowest BCUT2D eigenvalue weighted by atomic mass is 9.96. The number of hydrogen-bond donors (Lipinski definition) is 2. The van der Waals surface area contributed by atoms with Crippen LogP contribution in [0.1, 0.15) is 19.8 Å². The van der Waals surface area contributed by atoms with E-state index in [4.69, 9.17) is 0 Å². The van der Waals surface area contributed by atoms with Crippen LogP contribution in [0.15, 0.2) is 0 Å². The van der Waals surface area contributed by atoms with Gasteiger partial charge < -0.3 is 20.2 Å². The van der Waals surface area contributed by atoms with Gasteiger partial charge in [-0.1, -0.05) is 0 Å². The Morgan fingerprint density at radius 2 is 1.71 bits per heavy atom. The Morgan fingerprint density at radius 1 is 1.19 bits per heavy atom. The summed E-state index contributed by atoms with van der Waals surface area (Å²) in [5, 5.41) is 12.1. The molecule has 0 aliphatic carbocycles. The molecule has 1 heterocycles. The monoisotopic (exact) mass is 300 g/mol. The van der Waals surface area contributed by atoms with Gasteiger partial charge in [-0.15, -0.1) is 0 Å². The normalized spacial score (nSPS) is 20.6. The molecule has 0 radical (unpaired) electrons. The molecule has 21 heavy (non-hydrogen) atoms. The molecule has 1 saturated heterocycles. The van der Waals surface area contributed by atoms with Gasteiger partial charge in [0.1, 0.15) is 5.54 Å². The zero-order valence-corrected chi connectivity index (χ0v) is 14.1. The van der Waals surface area contributed by atoms with Crippen LogP contribution in [0.25, 0.3) is 0 Å². The van der Waals surface area contributed by atoms with E-state index in [-0.39, 0.29) is 0 Å². The average Bonchev–Trinajstić information content (AvgIpc) is 2.46. The SMILES string of the molecule is CNC(C)(CCCN1CCN(CCN(C)C)CC1)C(=O)O. The van der Waals surface area contributed by atoms with Gasteiger partial charge in [-0.2, -0.15) is 0 Å². The smallest absolute Gasteiger partial charge is 0.323 e. The lowest BCUT2D eigenvalue weighted by Crippen LogP contribution is -2.50. The van der Waals surface area contributed by atoms with E-state index >= 15 is 0 Å². The largest absolute Gasteiger partial charge is 0.480 e. The number of carboxylic acids is 1. The molecule has 0 aromatic heterocycles. The third-order valence-electron chi connectivity index (χ3n) is 4.50. The third-order valence-corrected chi connectivity index (χ3v) is 4.50. The molecule has 124 valence electrons. The van der Waals surface area contributed by atoms with Crippen molar-refractivity contribution in [2.45, 2.75) is 25.3 Å². The Labute approximate surface area is 129 Å². The van der Waals surface area contributed by atoms with Crippen molar-refractivity contribution in [2.24, 2.45) is 0 Å². The number of likely N-dealkylation sites (N-methyl/N-ethyl adjacent to an activating group) is 2. The van der Waals surface area contributed by atoms with Gasteiger partial charge in [-0.25, -0.2) is 0 Å². The Balaban J connectivity index is 2.20. The number of rotatable bonds is 9. The molecular weight excluding hydrogens is 268 g/mol. The zero-order chi connectivity index (χ0) is 15.9. The first kappa shape index (κ1) is 18.4. The Bertz CT molecular complexity index is 317. The topological polar surface area (TPSA) is 59.0 Å². The summed E-state index contributed by atoms with van der Waals surface area (Å²) in [4.78, 5) is 18.4. The van der Waals surface area contributed by atoms with Crippen LogP contribution in [-0.4, -0.2) is 98.3 Å². The standard InChI is InChI=1S/C15H32N4O2/c1-15(16-2,14(20)21)6-5-7-18-10-12-19(13-11-18)9-8-17(3)4/h16H,5-13H2,1-4H3,(H,20,21). The van der Waals surface area contributed by atoms with Gasteiger partial charge in [0.05, 0.1) is 0 Å². The summed E-state index contributed by atoms with van der Waals surface area (Å²) in [6.45, 7) is 9.43. The van der Waals surface area contributed by atoms with Gasteiger partial charge in [0.2, 0.25) is 0 Å². The van der Waals surface area contributed by atoms with Crippen LogP contribution in [-0.2, 0) is 4.79 Å². The summed E-state index contributed by atoms with van der Waals surface area (Å²) < 4.78 is 0. The van der Waals surface area contributed by atoms with Crippen molar-refractivity contribution in [3.63, 3.8) is 0 Å². The van der Waals surface area contributed by atoms with Crippen LogP contribution < -0.4 is 5.32 Å². The molecule has 1 aliphatic rings. The van der Waals surface area contributed by atoms with Gasteiger partial charge in [0.25, 0.3) is 0 Å². The third kappa shape index (κ3) is 6.30. The predicted octanol–water partition coefficient (Wildman–Crippen LogP) is 0.00850. The van der Waals surface area contributed by atoms with Gasteiger partial charge >= 0.3 is 5.97 Å². The maximum absolute atomic E-state index is 11.2. The molecule has 2 N–H and O–H groups in total. The Morgan fingerprint density at radius 3 is 2.14 bits per heavy atom. The van der Waals surface area contributed by atoms with Crippen LogP contribution in [0, 0.1) is 0 Å². The second-order valence-corrected chi connectivity index (χ2v) is 6.48. The molecule has 6 nitrogen and oxygen atoms in total. The van der Waals surface area contributed by atoms with E-state index in [2.05, 4.69) is 34.1 Å². The Hall–Kier alpha value is -0.690. The van der Waals surface area contributed by atoms with Crippen molar-refractivity contribution in [1.29, 1.82) is 0 Å². The molecule has 0 saturated carbocycles. The summed E-state index contributed by atoms with van der Waals surface area (Å²) in [5.41, 5.74) is -0.798. The number of hydrogen-bond acceptors (Lipinski definition) is 5.